The summed E-state index contributed by atoms with van der Waals surface area (Å²) in [6.07, 6.45) is 3.69. The van der Waals surface area contributed by atoms with Crippen LogP contribution in [0.2, 0.25) is 0 Å². The van der Waals surface area contributed by atoms with E-state index in [0.717, 1.165) is 42.5 Å². The van der Waals surface area contributed by atoms with Gasteiger partial charge in [-0.3, -0.25) is 4.98 Å². The summed E-state index contributed by atoms with van der Waals surface area (Å²) in [5.74, 6) is 2.55. The number of rotatable bonds is 7. The predicted octanol–water partition coefficient (Wildman–Crippen LogP) is 2.87. The summed E-state index contributed by atoms with van der Waals surface area (Å²) in [4.78, 5) is 13.2. The topological polar surface area (TPSA) is 62.7 Å². The van der Waals surface area contributed by atoms with E-state index in [4.69, 9.17) is 0 Å². The molecule has 0 radical (unpaired) electrons. The Morgan fingerprint density at radius 1 is 1.05 bits per heavy atom. The Morgan fingerprint density at radius 2 is 1.85 bits per heavy atom. The van der Waals surface area contributed by atoms with Gasteiger partial charge < -0.3 is 10.6 Å². The highest BCUT2D eigenvalue weighted by Crippen LogP contribution is 2.12. The van der Waals surface area contributed by atoms with Gasteiger partial charge in [0.15, 0.2) is 0 Å². The van der Waals surface area contributed by atoms with E-state index in [2.05, 4.69) is 39.4 Å². The van der Waals surface area contributed by atoms with E-state index in [0.29, 0.717) is 6.54 Å². The molecule has 5 heteroatoms. The van der Waals surface area contributed by atoms with Crippen LogP contribution in [0.3, 0.4) is 0 Å². The summed E-state index contributed by atoms with van der Waals surface area (Å²) in [6, 6.07) is 7.83. The molecule has 2 heterocycles. The van der Waals surface area contributed by atoms with Crippen molar-refractivity contribution in [3.63, 3.8) is 0 Å². The predicted molar refractivity (Wildman–Crippen MR) is 81.8 cm³/mol. The molecule has 2 N–H and O–H groups in total. The molecule has 2 rings (SSSR count). The highest BCUT2D eigenvalue weighted by atomic mass is 15.1. The SMILES string of the molecule is CCCNc1cc(NCc2ccccn2)nc(CC)n1. The third kappa shape index (κ3) is 4.19. The number of hydrogen-bond donors (Lipinski definition) is 2. The van der Waals surface area contributed by atoms with Gasteiger partial charge in [0.05, 0.1) is 12.2 Å². The van der Waals surface area contributed by atoms with E-state index in [1.165, 1.54) is 0 Å². The van der Waals surface area contributed by atoms with Gasteiger partial charge in [-0.1, -0.05) is 19.9 Å². The van der Waals surface area contributed by atoms with E-state index < -0.39 is 0 Å². The molecule has 0 aliphatic carbocycles. The van der Waals surface area contributed by atoms with Gasteiger partial charge in [0.25, 0.3) is 0 Å². The number of pyridine rings is 1. The number of hydrogen-bond acceptors (Lipinski definition) is 5. The fourth-order valence-corrected chi connectivity index (χ4v) is 1.77. The van der Waals surface area contributed by atoms with Crippen molar-refractivity contribution >= 4 is 11.6 Å². The fraction of sp³-hybridized carbons (Fsp3) is 0.400. The van der Waals surface area contributed by atoms with Crippen LogP contribution in [-0.4, -0.2) is 21.5 Å². The molecule has 20 heavy (non-hydrogen) atoms. The van der Waals surface area contributed by atoms with Gasteiger partial charge in [0.1, 0.15) is 17.5 Å². The molecular formula is C15H21N5. The number of nitrogens with zero attached hydrogens (tertiary/aromatic N) is 3. The average Bonchev–Trinajstić information content (AvgIpc) is 2.51. The van der Waals surface area contributed by atoms with Gasteiger partial charge in [-0.05, 0) is 18.6 Å². The van der Waals surface area contributed by atoms with Gasteiger partial charge in [0.2, 0.25) is 0 Å². The first kappa shape index (κ1) is 14.2. The molecule has 0 aliphatic rings. The molecule has 0 spiro atoms. The second-order valence-corrected chi connectivity index (χ2v) is 4.51. The lowest BCUT2D eigenvalue weighted by Crippen LogP contribution is -2.09. The fourth-order valence-electron chi connectivity index (χ4n) is 1.77. The summed E-state index contributed by atoms with van der Waals surface area (Å²) >= 11 is 0. The lowest BCUT2D eigenvalue weighted by molar-refractivity contribution is 0.910. The summed E-state index contributed by atoms with van der Waals surface area (Å²) in [5.41, 5.74) is 0.993. The van der Waals surface area contributed by atoms with Crippen LogP contribution in [0.15, 0.2) is 30.5 Å². The molecule has 0 amide bonds. The molecule has 0 atom stereocenters. The van der Waals surface area contributed by atoms with Crippen LogP contribution in [0.25, 0.3) is 0 Å². The first-order valence-corrected chi connectivity index (χ1v) is 7.07. The Kier molecular flexibility index (Phi) is 5.29. The maximum absolute atomic E-state index is 4.49. The van der Waals surface area contributed by atoms with E-state index >= 15 is 0 Å². The third-order valence-corrected chi connectivity index (χ3v) is 2.82. The van der Waals surface area contributed by atoms with Crippen LogP contribution in [0, 0.1) is 0 Å². The molecule has 106 valence electrons. The molecule has 0 bridgehead atoms. The first-order chi connectivity index (χ1) is 9.81. The summed E-state index contributed by atoms with van der Waals surface area (Å²) < 4.78 is 0. The van der Waals surface area contributed by atoms with Crippen LogP contribution in [0.4, 0.5) is 11.6 Å². The lowest BCUT2D eigenvalue weighted by Gasteiger charge is -2.10. The van der Waals surface area contributed by atoms with Gasteiger partial charge in [-0.2, -0.15) is 0 Å². The molecule has 0 aliphatic heterocycles. The molecule has 2 aromatic heterocycles. The minimum Gasteiger partial charge on any atom is -0.370 e. The smallest absolute Gasteiger partial charge is 0.132 e. The van der Waals surface area contributed by atoms with Crippen molar-refractivity contribution in [3.8, 4) is 0 Å². The number of aromatic nitrogens is 3. The van der Waals surface area contributed by atoms with E-state index in [1.807, 2.05) is 24.3 Å². The second-order valence-electron chi connectivity index (χ2n) is 4.51. The van der Waals surface area contributed by atoms with Gasteiger partial charge in [-0.25, -0.2) is 9.97 Å². The Morgan fingerprint density at radius 3 is 2.50 bits per heavy atom. The van der Waals surface area contributed by atoms with Gasteiger partial charge in [0, 0.05) is 25.2 Å². The largest absolute Gasteiger partial charge is 0.370 e. The molecule has 0 fully saturated rings. The molecule has 0 unspecified atom stereocenters. The summed E-state index contributed by atoms with van der Waals surface area (Å²) in [5, 5.41) is 6.60. The Balaban J connectivity index is 2.06. The van der Waals surface area contributed by atoms with Crippen molar-refractivity contribution in [1.29, 1.82) is 0 Å². The Labute approximate surface area is 119 Å². The van der Waals surface area contributed by atoms with Crippen LogP contribution < -0.4 is 10.6 Å². The quantitative estimate of drug-likeness (QED) is 0.810. The third-order valence-electron chi connectivity index (χ3n) is 2.82. The van der Waals surface area contributed by atoms with E-state index in [-0.39, 0.29) is 0 Å². The van der Waals surface area contributed by atoms with E-state index in [1.54, 1.807) is 6.20 Å². The normalized spacial score (nSPS) is 10.3. The molecule has 0 saturated heterocycles. The van der Waals surface area contributed by atoms with Crippen LogP contribution in [0.1, 0.15) is 31.8 Å². The standard InChI is InChI=1S/C15H21N5/c1-3-8-17-14-10-15(20-13(4-2)19-14)18-11-12-7-5-6-9-16-12/h5-7,9-10H,3-4,8,11H2,1-2H3,(H2,17,18,19,20). The molecule has 2 aromatic rings. The molecule has 5 nitrogen and oxygen atoms in total. The van der Waals surface area contributed by atoms with Crippen molar-refractivity contribution in [2.45, 2.75) is 33.2 Å². The van der Waals surface area contributed by atoms with Gasteiger partial charge in [-0.15, -0.1) is 0 Å². The summed E-state index contributed by atoms with van der Waals surface area (Å²) in [7, 11) is 0. The van der Waals surface area contributed by atoms with Crippen LogP contribution in [0.5, 0.6) is 0 Å². The second kappa shape index (κ2) is 7.43. The van der Waals surface area contributed by atoms with Gasteiger partial charge >= 0.3 is 0 Å². The minimum atomic E-state index is 0.661. The van der Waals surface area contributed by atoms with Crippen molar-refractivity contribution in [1.82, 2.24) is 15.0 Å². The molecule has 0 saturated carbocycles. The molecule has 0 aromatic carbocycles. The van der Waals surface area contributed by atoms with Crippen molar-refractivity contribution in [2.75, 3.05) is 17.2 Å². The minimum absolute atomic E-state index is 0.661. The maximum Gasteiger partial charge on any atom is 0.132 e. The molecular weight excluding hydrogens is 250 g/mol. The highest BCUT2D eigenvalue weighted by Gasteiger charge is 2.03. The Bertz CT molecular complexity index is 527. The average molecular weight is 271 g/mol. The van der Waals surface area contributed by atoms with Crippen molar-refractivity contribution in [3.05, 3.63) is 42.0 Å². The van der Waals surface area contributed by atoms with Crippen LogP contribution in [-0.2, 0) is 13.0 Å². The number of aryl methyl sites for hydroxylation is 1. The maximum atomic E-state index is 4.49. The zero-order chi connectivity index (χ0) is 14.2. The zero-order valence-electron chi connectivity index (χ0n) is 12.1. The van der Waals surface area contributed by atoms with E-state index in [9.17, 15) is 0 Å². The number of anilines is 2. The monoisotopic (exact) mass is 271 g/mol. The van der Waals surface area contributed by atoms with Crippen molar-refractivity contribution in [2.24, 2.45) is 0 Å². The van der Waals surface area contributed by atoms with Crippen molar-refractivity contribution < 1.29 is 0 Å². The highest BCUT2D eigenvalue weighted by molar-refractivity contribution is 5.47. The summed E-state index contributed by atoms with van der Waals surface area (Å²) in [6.45, 7) is 5.77. The lowest BCUT2D eigenvalue weighted by atomic mass is 10.3. The first-order valence-electron chi connectivity index (χ1n) is 7.07. The Hall–Kier alpha value is -2.17. The zero-order valence-corrected chi connectivity index (χ0v) is 12.1. The van der Waals surface area contributed by atoms with Crippen LogP contribution >= 0.6 is 0 Å². The number of nitrogens with one attached hydrogen (secondary N) is 2.